The number of nitrogens with one attached hydrogen (secondary N) is 1. The summed E-state index contributed by atoms with van der Waals surface area (Å²) >= 11 is 0. The van der Waals surface area contributed by atoms with Crippen LogP contribution in [0.15, 0.2) is 23.6 Å². The highest BCUT2D eigenvalue weighted by molar-refractivity contribution is 6.39. The van der Waals surface area contributed by atoms with Gasteiger partial charge in [-0.2, -0.15) is 13.2 Å². The summed E-state index contributed by atoms with van der Waals surface area (Å²) in [7, 11) is 0. The lowest BCUT2D eigenvalue weighted by molar-refractivity contribution is -0.192. The van der Waals surface area contributed by atoms with Crippen LogP contribution in [0.25, 0.3) is 0 Å². The number of piperidine rings is 1. The van der Waals surface area contributed by atoms with E-state index in [0.717, 1.165) is 25.8 Å². The van der Waals surface area contributed by atoms with E-state index in [-0.39, 0.29) is 5.91 Å². The van der Waals surface area contributed by atoms with Gasteiger partial charge >= 0.3 is 12.1 Å². The highest BCUT2D eigenvalue weighted by Gasteiger charge is 2.45. The number of oxime groups is 1. The predicted octanol–water partition coefficient (Wildman–Crippen LogP) is 1.75. The van der Waals surface area contributed by atoms with Gasteiger partial charge in [0.05, 0.1) is 6.54 Å². The molecule has 12 heteroatoms. The highest BCUT2D eigenvalue weighted by atomic mass is 19.4. The zero-order valence-corrected chi connectivity index (χ0v) is 15.8. The Kier molecular flexibility index (Phi) is 7.35. The fourth-order valence-corrected chi connectivity index (χ4v) is 2.93. The number of carboxylic acid groups (broad SMARTS) is 1. The molecular weight excluding hydrogens is 395 g/mol. The molecule has 9 nitrogen and oxygen atoms in total. The number of nitrogens with zero attached hydrogens (tertiary/aromatic N) is 4. The number of aromatic nitrogens is 2. The molecule has 0 saturated carbocycles. The first kappa shape index (κ1) is 22.4. The number of halogens is 3. The normalized spacial score (nSPS) is 21.0. The molecule has 1 unspecified atom stereocenters. The molecule has 1 amide bonds. The third-order valence-corrected chi connectivity index (χ3v) is 4.25. The topological polar surface area (TPSA) is 117 Å². The van der Waals surface area contributed by atoms with Gasteiger partial charge in [0.1, 0.15) is 5.71 Å². The molecule has 2 aliphatic heterocycles. The first-order valence-corrected chi connectivity index (χ1v) is 9.02. The van der Waals surface area contributed by atoms with Crippen molar-refractivity contribution in [3.63, 3.8) is 0 Å². The Morgan fingerprint density at radius 3 is 2.59 bits per heavy atom. The number of rotatable bonds is 4. The summed E-state index contributed by atoms with van der Waals surface area (Å²) in [6.45, 7) is 4.24. The molecule has 3 heterocycles. The van der Waals surface area contributed by atoms with Crippen molar-refractivity contribution in [1.29, 1.82) is 0 Å². The Labute approximate surface area is 164 Å². The van der Waals surface area contributed by atoms with Gasteiger partial charge in [-0.25, -0.2) is 14.8 Å². The monoisotopic (exact) mass is 417 g/mol. The van der Waals surface area contributed by atoms with Crippen molar-refractivity contribution in [1.82, 2.24) is 15.3 Å². The summed E-state index contributed by atoms with van der Waals surface area (Å²) < 4.78 is 31.7. The Hall–Kier alpha value is -2.92. The standard InChI is InChI=1S/C15H21N5O2.C2HF3O2/c1-2-6-16-13(21)12-10-15(22-19-12)5-3-9-20(11-15)14-17-7-4-8-18-14;3-2(4,5)1(6)7/h4,7-8H,2-3,5-6,9-11H2,1H3,(H,16,21);(H,6,7). The van der Waals surface area contributed by atoms with Crippen LogP contribution in [-0.2, 0) is 14.4 Å². The number of aliphatic carboxylic acids is 1. The van der Waals surface area contributed by atoms with Crippen molar-refractivity contribution in [2.75, 3.05) is 24.5 Å². The average molecular weight is 417 g/mol. The maximum Gasteiger partial charge on any atom is 0.490 e. The largest absolute Gasteiger partial charge is 0.490 e. The summed E-state index contributed by atoms with van der Waals surface area (Å²) in [5.41, 5.74) is 0.0698. The molecular formula is C17H22F3N5O4. The van der Waals surface area contributed by atoms with Crippen LogP contribution in [0.1, 0.15) is 32.6 Å². The van der Waals surface area contributed by atoms with E-state index in [1.165, 1.54) is 0 Å². The van der Waals surface area contributed by atoms with Crippen molar-refractivity contribution in [3.8, 4) is 0 Å². The van der Waals surface area contributed by atoms with Crippen LogP contribution in [0.5, 0.6) is 0 Å². The van der Waals surface area contributed by atoms with Gasteiger partial charge in [0, 0.05) is 31.9 Å². The number of hydrogen-bond donors (Lipinski definition) is 2. The van der Waals surface area contributed by atoms with Crippen molar-refractivity contribution < 1.29 is 32.7 Å². The molecule has 1 fully saturated rings. The lowest BCUT2D eigenvalue weighted by Gasteiger charge is -2.38. The van der Waals surface area contributed by atoms with E-state index in [9.17, 15) is 18.0 Å². The summed E-state index contributed by atoms with van der Waals surface area (Å²) in [5, 5.41) is 14.0. The fraction of sp³-hybridized carbons (Fsp3) is 0.588. The van der Waals surface area contributed by atoms with Crippen LogP contribution >= 0.6 is 0 Å². The van der Waals surface area contributed by atoms with Crippen molar-refractivity contribution in [3.05, 3.63) is 18.5 Å². The molecule has 0 aromatic carbocycles. The van der Waals surface area contributed by atoms with E-state index in [0.29, 0.717) is 31.2 Å². The van der Waals surface area contributed by atoms with Crippen LogP contribution in [0.2, 0.25) is 0 Å². The van der Waals surface area contributed by atoms with Gasteiger partial charge in [0.15, 0.2) is 5.60 Å². The zero-order chi connectivity index (χ0) is 21.5. The van der Waals surface area contributed by atoms with Gasteiger partial charge in [-0.1, -0.05) is 12.1 Å². The number of anilines is 1. The Morgan fingerprint density at radius 1 is 1.34 bits per heavy atom. The SMILES string of the molecule is CCCNC(=O)C1=NOC2(CCCN(c3ncccn3)C2)C1.O=C(O)C(F)(F)F. The molecule has 0 radical (unpaired) electrons. The Balaban J connectivity index is 0.000000370. The van der Waals surface area contributed by atoms with Gasteiger partial charge in [-0.15, -0.1) is 0 Å². The zero-order valence-electron chi connectivity index (χ0n) is 15.8. The maximum absolute atomic E-state index is 12.0. The lowest BCUT2D eigenvalue weighted by Crippen LogP contribution is -2.49. The van der Waals surface area contributed by atoms with Crippen LogP contribution in [0.4, 0.5) is 19.1 Å². The van der Waals surface area contributed by atoms with Gasteiger partial charge < -0.3 is 20.2 Å². The van der Waals surface area contributed by atoms with Crippen LogP contribution in [0.3, 0.4) is 0 Å². The van der Waals surface area contributed by atoms with E-state index in [1.54, 1.807) is 18.5 Å². The summed E-state index contributed by atoms with van der Waals surface area (Å²) in [5.74, 6) is -2.17. The van der Waals surface area contributed by atoms with E-state index < -0.39 is 17.7 Å². The molecule has 1 spiro atoms. The van der Waals surface area contributed by atoms with Crippen molar-refractivity contribution in [2.45, 2.75) is 44.4 Å². The van der Waals surface area contributed by atoms with E-state index in [4.69, 9.17) is 14.7 Å². The molecule has 1 saturated heterocycles. The second kappa shape index (κ2) is 9.52. The summed E-state index contributed by atoms with van der Waals surface area (Å²) in [6.07, 6.45) is 1.70. The summed E-state index contributed by atoms with van der Waals surface area (Å²) in [4.78, 5) is 37.3. The first-order chi connectivity index (χ1) is 13.7. The quantitative estimate of drug-likeness (QED) is 0.767. The van der Waals surface area contributed by atoms with Gasteiger partial charge in [-0.3, -0.25) is 4.79 Å². The first-order valence-electron chi connectivity index (χ1n) is 9.02. The predicted molar refractivity (Wildman–Crippen MR) is 96.3 cm³/mol. The second-order valence-electron chi connectivity index (χ2n) is 6.62. The molecule has 3 rings (SSSR count). The molecule has 0 bridgehead atoms. The lowest BCUT2D eigenvalue weighted by atomic mass is 9.88. The molecule has 1 atom stereocenters. The number of alkyl halides is 3. The molecule has 1 aromatic rings. The maximum atomic E-state index is 12.0. The number of hydrogen-bond acceptors (Lipinski definition) is 7. The van der Waals surface area contributed by atoms with E-state index in [2.05, 4.69) is 25.3 Å². The van der Waals surface area contributed by atoms with Crippen molar-refractivity contribution in [2.24, 2.45) is 5.16 Å². The highest BCUT2D eigenvalue weighted by Crippen LogP contribution is 2.34. The third kappa shape index (κ3) is 6.29. The molecule has 29 heavy (non-hydrogen) atoms. The summed E-state index contributed by atoms with van der Waals surface area (Å²) in [6, 6.07) is 1.80. The minimum Gasteiger partial charge on any atom is -0.475 e. The molecule has 1 aromatic heterocycles. The van der Waals surface area contributed by atoms with E-state index >= 15 is 0 Å². The molecule has 0 aliphatic carbocycles. The molecule has 2 N–H and O–H groups in total. The smallest absolute Gasteiger partial charge is 0.475 e. The van der Waals surface area contributed by atoms with Crippen molar-refractivity contribution >= 4 is 23.5 Å². The number of amides is 1. The van der Waals surface area contributed by atoms with Gasteiger partial charge in [0.25, 0.3) is 5.91 Å². The molecule has 160 valence electrons. The minimum atomic E-state index is -5.08. The minimum absolute atomic E-state index is 0.119. The number of carboxylic acids is 1. The molecule has 2 aliphatic rings. The van der Waals surface area contributed by atoms with Crippen LogP contribution in [-0.4, -0.2) is 64.1 Å². The Morgan fingerprint density at radius 2 is 2.00 bits per heavy atom. The van der Waals surface area contributed by atoms with E-state index in [1.807, 2.05) is 6.92 Å². The Bertz CT molecular complexity index is 744. The van der Waals surface area contributed by atoms with Crippen LogP contribution in [0, 0.1) is 0 Å². The second-order valence-corrected chi connectivity index (χ2v) is 6.62. The van der Waals surface area contributed by atoms with Gasteiger partial charge in [-0.05, 0) is 25.3 Å². The fourth-order valence-electron chi connectivity index (χ4n) is 2.93. The average Bonchev–Trinajstić information content (AvgIpc) is 3.10. The number of carbonyl (C=O) groups is 2. The van der Waals surface area contributed by atoms with Gasteiger partial charge in [0.2, 0.25) is 5.95 Å². The van der Waals surface area contributed by atoms with Crippen LogP contribution < -0.4 is 10.2 Å². The third-order valence-electron chi connectivity index (χ3n) is 4.25. The number of carbonyl (C=O) groups excluding carboxylic acids is 1.